The molecule has 3 aromatic carbocycles. The van der Waals surface area contributed by atoms with Gasteiger partial charge in [0.1, 0.15) is 5.82 Å². The number of non-ortho nitro benzene ring substituents is 1. The summed E-state index contributed by atoms with van der Waals surface area (Å²) < 4.78 is 1.95. The molecule has 9 heteroatoms. The zero-order chi connectivity index (χ0) is 28.3. The molecule has 0 aliphatic carbocycles. The van der Waals surface area contributed by atoms with E-state index in [1.807, 2.05) is 54.2 Å². The number of nitro groups is 1. The van der Waals surface area contributed by atoms with Crippen molar-refractivity contribution in [2.75, 3.05) is 19.6 Å². The van der Waals surface area contributed by atoms with E-state index in [0.29, 0.717) is 27.9 Å². The number of nitrogens with zero attached hydrogens (tertiary/aromatic N) is 5. The number of imidazole rings is 1. The number of aryl methyl sites for hydroxylation is 2. The predicted molar refractivity (Wildman–Crippen MR) is 161 cm³/mol. The number of H-pyrrole nitrogens is 1. The Morgan fingerprint density at radius 1 is 1.07 bits per heavy atom. The molecule has 6 rings (SSSR count). The number of benzene rings is 3. The van der Waals surface area contributed by atoms with Gasteiger partial charge in [0.2, 0.25) is 0 Å². The molecule has 3 heterocycles. The molecule has 0 atom stereocenters. The van der Waals surface area contributed by atoms with Crippen LogP contribution in [-0.2, 0) is 13.5 Å². The van der Waals surface area contributed by atoms with Gasteiger partial charge in [-0.1, -0.05) is 24.3 Å². The molecule has 5 aromatic rings. The first-order chi connectivity index (χ1) is 20.0. The number of hydrogen-bond acceptors (Lipinski definition) is 6. The van der Waals surface area contributed by atoms with Gasteiger partial charge in [0.15, 0.2) is 5.88 Å². The first-order valence-corrected chi connectivity index (χ1v) is 13.9. The van der Waals surface area contributed by atoms with Crippen molar-refractivity contribution in [3.8, 4) is 17.3 Å². The Morgan fingerprint density at radius 2 is 1.83 bits per heavy atom. The van der Waals surface area contributed by atoms with Crippen molar-refractivity contribution in [1.29, 1.82) is 0 Å². The molecule has 0 bridgehead atoms. The molecule has 1 saturated heterocycles. The quantitative estimate of drug-likeness (QED) is 0.126. The number of aromatic amines is 1. The second kappa shape index (κ2) is 11.4. The van der Waals surface area contributed by atoms with E-state index in [9.17, 15) is 15.2 Å². The van der Waals surface area contributed by atoms with Crippen molar-refractivity contribution in [3.05, 3.63) is 106 Å². The van der Waals surface area contributed by atoms with Crippen LogP contribution >= 0.6 is 0 Å². The van der Waals surface area contributed by atoms with Crippen LogP contribution in [-0.4, -0.2) is 54.8 Å². The number of nitro benzene ring substituents is 1. The van der Waals surface area contributed by atoms with Crippen LogP contribution in [0.5, 0.6) is 5.88 Å². The molecule has 9 nitrogen and oxygen atoms in total. The third-order valence-electron chi connectivity index (χ3n) is 7.76. The van der Waals surface area contributed by atoms with Gasteiger partial charge in [-0.25, -0.2) is 9.98 Å². The van der Waals surface area contributed by atoms with E-state index in [2.05, 4.69) is 27.0 Å². The molecular formula is C32H32N6O3. The molecule has 1 aliphatic rings. The van der Waals surface area contributed by atoms with Crippen LogP contribution < -0.4 is 0 Å². The number of hydrogen-bond donors (Lipinski definition) is 2. The first-order valence-electron chi connectivity index (χ1n) is 13.9. The summed E-state index contributed by atoms with van der Waals surface area (Å²) in [7, 11) is 1.95. The fourth-order valence-corrected chi connectivity index (χ4v) is 5.58. The monoisotopic (exact) mass is 548 g/mol. The number of likely N-dealkylation sites (tertiary alicyclic amines) is 1. The predicted octanol–water partition coefficient (Wildman–Crippen LogP) is 6.38. The minimum Gasteiger partial charge on any atom is -0.494 e. The fourth-order valence-electron chi connectivity index (χ4n) is 5.58. The Bertz CT molecular complexity index is 1710. The van der Waals surface area contributed by atoms with E-state index in [4.69, 9.17) is 4.99 Å². The largest absolute Gasteiger partial charge is 0.494 e. The van der Waals surface area contributed by atoms with Crippen LogP contribution in [0.15, 0.2) is 84.1 Å². The van der Waals surface area contributed by atoms with E-state index < -0.39 is 4.92 Å². The fraction of sp³-hybridized carbons (Fsp3) is 0.250. The minimum absolute atomic E-state index is 0.0510. The molecule has 0 unspecified atom stereocenters. The van der Waals surface area contributed by atoms with E-state index >= 15 is 0 Å². The van der Waals surface area contributed by atoms with Gasteiger partial charge in [0, 0.05) is 53.6 Å². The molecule has 2 aromatic heterocycles. The number of nitrogens with one attached hydrogen (secondary N) is 1. The van der Waals surface area contributed by atoms with E-state index in [-0.39, 0.29) is 11.6 Å². The third kappa shape index (κ3) is 5.62. The Labute approximate surface area is 238 Å². The van der Waals surface area contributed by atoms with Crippen LogP contribution in [0.25, 0.3) is 22.3 Å². The number of rotatable bonds is 9. The minimum atomic E-state index is -0.433. The third-order valence-corrected chi connectivity index (χ3v) is 7.76. The summed E-state index contributed by atoms with van der Waals surface area (Å²) in [5.74, 6) is 0.765. The Balaban J connectivity index is 1.37. The lowest BCUT2D eigenvalue weighted by atomic mass is 9.98. The number of aliphatic imine (C=N–C) groups is 1. The summed E-state index contributed by atoms with van der Waals surface area (Å²) in [5, 5.41) is 23.1. The van der Waals surface area contributed by atoms with Crippen LogP contribution in [0.4, 0.5) is 11.4 Å². The normalized spacial score (nSPS) is 14.2. The maximum Gasteiger partial charge on any atom is 0.270 e. The van der Waals surface area contributed by atoms with Gasteiger partial charge in [0.25, 0.3) is 5.69 Å². The maximum absolute atomic E-state index is 11.5. The van der Waals surface area contributed by atoms with E-state index in [1.54, 1.807) is 12.3 Å². The van der Waals surface area contributed by atoms with Gasteiger partial charge in [-0.15, -0.1) is 0 Å². The summed E-state index contributed by atoms with van der Waals surface area (Å²) in [4.78, 5) is 26.0. The Hall–Kier alpha value is -4.76. The van der Waals surface area contributed by atoms with Crippen LogP contribution in [0.3, 0.4) is 0 Å². The Morgan fingerprint density at radius 3 is 2.51 bits per heavy atom. The molecule has 1 fully saturated rings. The highest BCUT2D eigenvalue weighted by molar-refractivity contribution is 6.22. The van der Waals surface area contributed by atoms with E-state index in [1.165, 1.54) is 43.6 Å². The van der Waals surface area contributed by atoms with Crippen LogP contribution in [0.2, 0.25) is 0 Å². The molecule has 1 aliphatic heterocycles. The zero-order valence-corrected chi connectivity index (χ0v) is 23.0. The van der Waals surface area contributed by atoms with Gasteiger partial charge >= 0.3 is 0 Å². The molecule has 208 valence electrons. The van der Waals surface area contributed by atoms with Crippen molar-refractivity contribution >= 4 is 28.0 Å². The zero-order valence-electron chi connectivity index (χ0n) is 23.0. The average Bonchev–Trinajstić information content (AvgIpc) is 3.72. The molecule has 41 heavy (non-hydrogen) atoms. The summed E-state index contributed by atoms with van der Waals surface area (Å²) in [6.07, 6.45) is 8.35. The lowest BCUT2D eigenvalue weighted by Crippen LogP contribution is -2.20. The summed E-state index contributed by atoms with van der Waals surface area (Å²) in [5.41, 5.74) is 5.20. The van der Waals surface area contributed by atoms with Gasteiger partial charge in [-0.05, 0) is 81.2 Å². The lowest BCUT2D eigenvalue weighted by Gasteiger charge is -2.14. The highest BCUT2D eigenvalue weighted by Gasteiger charge is 2.21. The highest BCUT2D eigenvalue weighted by Crippen LogP contribution is 2.34. The topological polar surface area (TPSA) is 113 Å². The summed E-state index contributed by atoms with van der Waals surface area (Å²) in [6.45, 7) is 3.52. The van der Waals surface area contributed by atoms with Gasteiger partial charge in [0.05, 0.1) is 21.9 Å². The molecule has 2 N–H and O–H groups in total. The molecule has 0 saturated carbocycles. The van der Waals surface area contributed by atoms with Crippen LogP contribution in [0, 0.1) is 10.1 Å². The summed E-state index contributed by atoms with van der Waals surface area (Å²) >= 11 is 0. The number of aromatic hydroxyl groups is 1. The smallest absolute Gasteiger partial charge is 0.270 e. The number of aromatic nitrogens is 3. The van der Waals surface area contributed by atoms with E-state index in [0.717, 1.165) is 36.3 Å². The lowest BCUT2D eigenvalue weighted by molar-refractivity contribution is -0.384. The molecule has 0 spiro atoms. The van der Waals surface area contributed by atoms with Crippen molar-refractivity contribution < 1.29 is 10.0 Å². The highest BCUT2D eigenvalue weighted by atomic mass is 16.6. The summed E-state index contributed by atoms with van der Waals surface area (Å²) in [6, 6.07) is 20.5. The van der Waals surface area contributed by atoms with Crippen molar-refractivity contribution in [2.45, 2.75) is 25.7 Å². The van der Waals surface area contributed by atoms with Crippen molar-refractivity contribution in [3.63, 3.8) is 0 Å². The number of fused-ring (bicyclic) bond motifs is 1. The van der Waals surface area contributed by atoms with Crippen molar-refractivity contribution in [2.24, 2.45) is 12.0 Å². The van der Waals surface area contributed by atoms with Gasteiger partial charge in [-0.2, -0.15) is 0 Å². The van der Waals surface area contributed by atoms with Gasteiger partial charge in [-0.3, -0.25) is 10.1 Å². The molecular weight excluding hydrogens is 516 g/mol. The average molecular weight is 549 g/mol. The van der Waals surface area contributed by atoms with Crippen molar-refractivity contribution in [1.82, 2.24) is 19.4 Å². The standard InChI is InChI=1S/C32H32N6O3/c1-36-20-16-33-31(36)24-10-12-25(13-11-24)34-30(29-27-21-26(38(40)41)14-15-28(27)35-32(29)39)23-8-6-22(7-9-23)5-4-19-37-17-2-3-18-37/h6-16,20-21,35,39H,2-5,17-19H2,1H3. The second-order valence-electron chi connectivity index (χ2n) is 10.6. The van der Waals surface area contributed by atoms with Gasteiger partial charge < -0.3 is 19.6 Å². The molecule has 0 amide bonds. The maximum atomic E-state index is 11.5. The molecule has 0 radical (unpaired) electrons. The van der Waals surface area contributed by atoms with Crippen LogP contribution in [0.1, 0.15) is 36.0 Å². The second-order valence-corrected chi connectivity index (χ2v) is 10.6. The first kappa shape index (κ1) is 26.5. The SMILES string of the molecule is Cn1ccnc1-c1ccc(N=C(c2ccc(CCCN3CCCC3)cc2)c2c(O)[nH]c3ccc([N+](=O)[O-])cc23)cc1. The Kier molecular flexibility index (Phi) is 7.35.